The summed E-state index contributed by atoms with van der Waals surface area (Å²) in [7, 11) is 0. The maximum Gasteiger partial charge on any atom is 0.370 e. The topological polar surface area (TPSA) is 57.5 Å². The van der Waals surface area contributed by atoms with Gasteiger partial charge in [0.2, 0.25) is 0 Å². The van der Waals surface area contributed by atoms with Gasteiger partial charge in [0.1, 0.15) is 0 Å². The lowest BCUT2D eigenvalue weighted by Gasteiger charge is -1.94. The van der Waals surface area contributed by atoms with E-state index in [1.54, 1.807) is 13.8 Å². The maximum atomic E-state index is 9.92. The van der Waals surface area contributed by atoms with E-state index in [9.17, 15) is 4.79 Å². The summed E-state index contributed by atoms with van der Waals surface area (Å²) < 4.78 is 0. The molecule has 0 spiro atoms. The SMILES string of the molecule is CC(C)C=C(O)C(=O)O. The van der Waals surface area contributed by atoms with Crippen LogP contribution < -0.4 is 0 Å². The summed E-state index contributed by atoms with van der Waals surface area (Å²) in [5.74, 6) is -1.78. The predicted molar refractivity (Wildman–Crippen MR) is 33.2 cm³/mol. The Labute approximate surface area is 53.6 Å². The third-order valence-corrected chi connectivity index (χ3v) is 0.710. The molecular formula is C6H10O3. The van der Waals surface area contributed by atoms with Crippen LogP contribution in [0.1, 0.15) is 13.8 Å². The van der Waals surface area contributed by atoms with Crippen molar-refractivity contribution in [1.82, 2.24) is 0 Å². The fourth-order valence-corrected chi connectivity index (χ4v) is 0.387. The Morgan fingerprint density at radius 2 is 1.89 bits per heavy atom. The van der Waals surface area contributed by atoms with Gasteiger partial charge < -0.3 is 10.2 Å². The Bertz CT molecular complexity index is 135. The van der Waals surface area contributed by atoms with Crippen LogP contribution in [0.15, 0.2) is 11.8 Å². The van der Waals surface area contributed by atoms with Crippen LogP contribution in [-0.4, -0.2) is 16.2 Å². The lowest BCUT2D eigenvalue weighted by molar-refractivity contribution is -0.135. The summed E-state index contributed by atoms with van der Waals surface area (Å²) in [6.07, 6.45) is 1.28. The molecule has 0 aromatic carbocycles. The number of hydrogen-bond acceptors (Lipinski definition) is 2. The van der Waals surface area contributed by atoms with Crippen LogP contribution in [-0.2, 0) is 4.79 Å². The van der Waals surface area contributed by atoms with Crippen molar-refractivity contribution >= 4 is 5.97 Å². The Balaban J connectivity index is 4.00. The number of carbonyl (C=O) groups is 1. The Morgan fingerprint density at radius 3 is 2.00 bits per heavy atom. The Hall–Kier alpha value is -0.990. The summed E-state index contributed by atoms with van der Waals surface area (Å²) in [5.41, 5.74) is 0. The van der Waals surface area contributed by atoms with E-state index in [4.69, 9.17) is 10.2 Å². The first kappa shape index (κ1) is 8.01. The van der Waals surface area contributed by atoms with E-state index in [1.807, 2.05) is 0 Å². The molecule has 0 aromatic heterocycles. The van der Waals surface area contributed by atoms with E-state index < -0.39 is 11.7 Å². The molecule has 52 valence electrons. The van der Waals surface area contributed by atoms with Crippen LogP contribution in [0.3, 0.4) is 0 Å². The zero-order valence-electron chi connectivity index (χ0n) is 5.46. The van der Waals surface area contributed by atoms with Crippen LogP contribution in [0.5, 0.6) is 0 Å². The lowest BCUT2D eigenvalue weighted by atomic mass is 10.2. The van der Waals surface area contributed by atoms with E-state index in [-0.39, 0.29) is 5.92 Å². The molecule has 9 heavy (non-hydrogen) atoms. The molecular weight excluding hydrogens is 120 g/mol. The van der Waals surface area contributed by atoms with Gasteiger partial charge in [-0.1, -0.05) is 13.8 Å². The molecule has 0 heterocycles. The predicted octanol–water partition coefficient (Wildman–Crippen LogP) is 1.17. The molecule has 0 amide bonds. The summed E-state index contributed by atoms with van der Waals surface area (Å²) in [6, 6.07) is 0. The maximum absolute atomic E-state index is 9.92. The molecule has 3 heteroatoms. The fraction of sp³-hybridized carbons (Fsp3) is 0.500. The van der Waals surface area contributed by atoms with Gasteiger partial charge in [0.05, 0.1) is 0 Å². The standard InChI is InChI=1S/C6H10O3/c1-4(2)3-5(7)6(8)9/h3-4,7H,1-2H3,(H,8,9). The summed E-state index contributed by atoms with van der Waals surface area (Å²) in [4.78, 5) is 9.92. The molecule has 0 unspecified atom stereocenters. The van der Waals surface area contributed by atoms with Gasteiger partial charge in [-0.2, -0.15) is 0 Å². The highest BCUT2D eigenvalue weighted by atomic mass is 16.4. The van der Waals surface area contributed by atoms with Crippen molar-refractivity contribution in [2.24, 2.45) is 5.92 Å². The highest BCUT2D eigenvalue weighted by molar-refractivity contribution is 5.83. The first-order valence-corrected chi connectivity index (χ1v) is 2.68. The van der Waals surface area contributed by atoms with Crippen molar-refractivity contribution in [3.63, 3.8) is 0 Å². The number of carboxylic acid groups (broad SMARTS) is 1. The number of rotatable bonds is 2. The van der Waals surface area contributed by atoms with E-state index in [0.29, 0.717) is 0 Å². The Kier molecular flexibility index (Phi) is 2.78. The third kappa shape index (κ3) is 3.58. The molecule has 0 saturated carbocycles. The van der Waals surface area contributed by atoms with Gasteiger partial charge >= 0.3 is 5.97 Å². The van der Waals surface area contributed by atoms with Gasteiger partial charge in [-0.15, -0.1) is 0 Å². The van der Waals surface area contributed by atoms with Gasteiger partial charge in [0.25, 0.3) is 0 Å². The number of carboxylic acids is 1. The molecule has 3 nitrogen and oxygen atoms in total. The number of allylic oxidation sites excluding steroid dienone is 1. The van der Waals surface area contributed by atoms with Crippen molar-refractivity contribution in [2.45, 2.75) is 13.8 Å². The first-order chi connectivity index (χ1) is 4.04. The van der Waals surface area contributed by atoms with E-state index in [2.05, 4.69) is 0 Å². The largest absolute Gasteiger partial charge is 0.502 e. The number of aliphatic carboxylic acids is 1. The van der Waals surface area contributed by atoms with Gasteiger partial charge in [0.15, 0.2) is 5.76 Å². The Morgan fingerprint density at radius 1 is 1.44 bits per heavy atom. The minimum absolute atomic E-state index is 0.0705. The average Bonchev–Trinajstić information content (AvgIpc) is 1.63. The first-order valence-electron chi connectivity index (χ1n) is 2.68. The molecule has 2 N–H and O–H groups in total. The molecule has 0 atom stereocenters. The highest BCUT2D eigenvalue weighted by Crippen LogP contribution is 1.98. The zero-order chi connectivity index (χ0) is 7.44. The van der Waals surface area contributed by atoms with Crippen LogP contribution in [0, 0.1) is 5.92 Å². The van der Waals surface area contributed by atoms with Crippen molar-refractivity contribution in [3.8, 4) is 0 Å². The molecule has 0 bridgehead atoms. The second-order valence-electron chi connectivity index (χ2n) is 2.10. The van der Waals surface area contributed by atoms with Crippen molar-refractivity contribution < 1.29 is 15.0 Å². The van der Waals surface area contributed by atoms with Crippen molar-refractivity contribution in [3.05, 3.63) is 11.8 Å². The van der Waals surface area contributed by atoms with Gasteiger partial charge in [-0.3, -0.25) is 0 Å². The zero-order valence-corrected chi connectivity index (χ0v) is 5.46. The van der Waals surface area contributed by atoms with Crippen LogP contribution in [0.4, 0.5) is 0 Å². The summed E-state index contributed by atoms with van der Waals surface area (Å²) in [6.45, 7) is 3.58. The van der Waals surface area contributed by atoms with Crippen molar-refractivity contribution in [2.75, 3.05) is 0 Å². The number of hydrogen-bond donors (Lipinski definition) is 2. The lowest BCUT2D eigenvalue weighted by Crippen LogP contribution is -2.00. The molecule has 0 aliphatic rings. The van der Waals surface area contributed by atoms with E-state index >= 15 is 0 Å². The highest BCUT2D eigenvalue weighted by Gasteiger charge is 2.02. The minimum Gasteiger partial charge on any atom is -0.502 e. The molecule has 0 aromatic rings. The second kappa shape index (κ2) is 3.12. The van der Waals surface area contributed by atoms with E-state index in [1.165, 1.54) is 6.08 Å². The van der Waals surface area contributed by atoms with Crippen molar-refractivity contribution in [1.29, 1.82) is 0 Å². The molecule has 0 aliphatic heterocycles. The van der Waals surface area contributed by atoms with Gasteiger partial charge in [-0.25, -0.2) is 4.79 Å². The molecule has 0 aliphatic carbocycles. The molecule has 0 rings (SSSR count). The quantitative estimate of drug-likeness (QED) is 0.435. The monoisotopic (exact) mass is 130 g/mol. The van der Waals surface area contributed by atoms with Crippen LogP contribution in [0.2, 0.25) is 0 Å². The smallest absolute Gasteiger partial charge is 0.370 e. The van der Waals surface area contributed by atoms with E-state index in [0.717, 1.165) is 0 Å². The van der Waals surface area contributed by atoms with Crippen LogP contribution in [0.25, 0.3) is 0 Å². The van der Waals surface area contributed by atoms with Crippen LogP contribution >= 0.6 is 0 Å². The van der Waals surface area contributed by atoms with Gasteiger partial charge in [0, 0.05) is 0 Å². The summed E-state index contributed by atoms with van der Waals surface area (Å²) >= 11 is 0. The normalized spacial score (nSPS) is 12.1. The number of aliphatic hydroxyl groups excluding tert-OH is 1. The third-order valence-electron chi connectivity index (χ3n) is 0.710. The molecule has 0 radical (unpaired) electrons. The van der Waals surface area contributed by atoms with Gasteiger partial charge in [-0.05, 0) is 12.0 Å². The minimum atomic E-state index is -1.27. The number of aliphatic hydroxyl groups is 1. The summed E-state index contributed by atoms with van der Waals surface area (Å²) in [5, 5.41) is 16.7. The molecule has 0 fully saturated rings. The average molecular weight is 130 g/mol. The molecule has 0 saturated heterocycles. The second-order valence-corrected chi connectivity index (χ2v) is 2.10. The fourth-order valence-electron chi connectivity index (χ4n) is 0.387.